The Morgan fingerprint density at radius 1 is 1.38 bits per heavy atom. The number of amides is 1. The van der Waals surface area contributed by atoms with E-state index in [2.05, 4.69) is 10.3 Å². The fraction of sp³-hybridized carbons (Fsp3) is 0.231. The molecule has 0 spiro atoms. The van der Waals surface area contributed by atoms with Gasteiger partial charge in [0.25, 0.3) is 0 Å². The summed E-state index contributed by atoms with van der Waals surface area (Å²) in [5.41, 5.74) is 7.74. The third kappa shape index (κ3) is 3.40. The zero-order chi connectivity index (χ0) is 15.8. The van der Waals surface area contributed by atoms with Crippen LogP contribution in [0.1, 0.15) is 12.6 Å². The van der Waals surface area contributed by atoms with Gasteiger partial charge in [-0.1, -0.05) is 17.4 Å². The normalized spacial score (nSPS) is 11.4. The van der Waals surface area contributed by atoms with Gasteiger partial charge in [-0.15, -0.1) is 0 Å². The highest BCUT2D eigenvalue weighted by atomic mass is 32.2. The standard InChI is InChI=1S/C13H15N3O3S2/c1-7-12(20-13(15-7)16-8(2)17)10-5-4-9(6-11(10)14)21(3,18)19/h4-6H,14H2,1-3H3,(H,15,16,17). The van der Waals surface area contributed by atoms with Crippen molar-refractivity contribution in [2.75, 3.05) is 17.3 Å². The van der Waals surface area contributed by atoms with Gasteiger partial charge in [0, 0.05) is 24.4 Å². The summed E-state index contributed by atoms with van der Waals surface area (Å²) in [6.45, 7) is 3.22. The number of benzene rings is 1. The molecule has 8 heteroatoms. The number of aryl methyl sites for hydroxylation is 1. The van der Waals surface area contributed by atoms with E-state index in [9.17, 15) is 13.2 Å². The summed E-state index contributed by atoms with van der Waals surface area (Å²) >= 11 is 1.30. The maximum atomic E-state index is 11.5. The number of nitrogen functional groups attached to an aromatic ring is 1. The molecule has 1 aromatic carbocycles. The number of hydrogen-bond donors (Lipinski definition) is 2. The molecule has 0 saturated heterocycles. The minimum atomic E-state index is -3.29. The topological polar surface area (TPSA) is 102 Å². The van der Waals surface area contributed by atoms with Gasteiger partial charge < -0.3 is 11.1 Å². The van der Waals surface area contributed by atoms with Crippen LogP contribution in [0, 0.1) is 6.92 Å². The second-order valence-corrected chi connectivity index (χ2v) is 7.65. The van der Waals surface area contributed by atoms with Crippen LogP contribution in [0.3, 0.4) is 0 Å². The van der Waals surface area contributed by atoms with E-state index < -0.39 is 9.84 Å². The molecule has 0 aliphatic rings. The van der Waals surface area contributed by atoms with Crippen LogP contribution >= 0.6 is 11.3 Å². The molecule has 21 heavy (non-hydrogen) atoms. The van der Waals surface area contributed by atoms with Gasteiger partial charge in [-0.25, -0.2) is 13.4 Å². The van der Waals surface area contributed by atoms with Gasteiger partial charge in [0.2, 0.25) is 5.91 Å². The van der Waals surface area contributed by atoms with E-state index in [1.54, 1.807) is 13.0 Å². The summed E-state index contributed by atoms with van der Waals surface area (Å²) < 4.78 is 23.0. The zero-order valence-corrected chi connectivity index (χ0v) is 13.4. The lowest BCUT2D eigenvalue weighted by Crippen LogP contribution is -2.04. The number of nitrogens with one attached hydrogen (secondary N) is 1. The molecular weight excluding hydrogens is 310 g/mol. The first-order valence-electron chi connectivity index (χ1n) is 6.03. The fourth-order valence-electron chi connectivity index (χ4n) is 1.83. The molecule has 3 N–H and O–H groups in total. The maximum absolute atomic E-state index is 11.5. The Morgan fingerprint density at radius 2 is 2.05 bits per heavy atom. The largest absolute Gasteiger partial charge is 0.398 e. The van der Waals surface area contributed by atoms with Crippen LogP contribution in [0.15, 0.2) is 23.1 Å². The monoisotopic (exact) mass is 325 g/mol. The molecule has 1 heterocycles. The van der Waals surface area contributed by atoms with Gasteiger partial charge in [0.05, 0.1) is 15.5 Å². The molecule has 0 atom stereocenters. The van der Waals surface area contributed by atoms with E-state index >= 15 is 0 Å². The van der Waals surface area contributed by atoms with Gasteiger partial charge in [-0.3, -0.25) is 4.79 Å². The summed E-state index contributed by atoms with van der Waals surface area (Å²) in [6, 6.07) is 4.60. The molecule has 0 saturated carbocycles. The molecule has 1 amide bonds. The van der Waals surface area contributed by atoms with E-state index in [1.165, 1.54) is 30.4 Å². The molecule has 0 radical (unpaired) electrons. The predicted molar refractivity (Wildman–Crippen MR) is 84.1 cm³/mol. The van der Waals surface area contributed by atoms with Gasteiger partial charge in [-0.05, 0) is 19.1 Å². The van der Waals surface area contributed by atoms with Gasteiger partial charge in [0.1, 0.15) is 0 Å². The maximum Gasteiger partial charge on any atom is 0.223 e. The highest BCUT2D eigenvalue weighted by molar-refractivity contribution is 7.90. The van der Waals surface area contributed by atoms with Crippen molar-refractivity contribution in [1.29, 1.82) is 0 Å². The summed E-state index contributed by atoms with van der Waals surface area (Å²) in [5, 5.41) is 3.11. The number of nitrogens with two attached hydrogens (primary N) is 1. The zero-order valence-electron chi connectivity index (χ0n) is 11.8. The third-order valence-corrected chi connectivity index (χ3v) is 4.99. The van der Waals surface area contributed by atoms with Crippen LogP contribution in [0.5, 0.6) is 0 Å². The van der Waals surface area contributed by atoms with Crippen LogP contribution in [0.4, 0.5) is 10.8 Å². The first-order chi connectivity index (χ1) is 9.68. The lowest BCUT2D eigenvalue weighted by Gasteiger charge is -2.06. The molecule has 2 rings (SSSR count). The molecule has 2 aromatic rings. The van der Waals surface area contributed by atoms with Crippen LogP contribution in [0.25, 0.3) is 10.4 Å². The van der Waals surface area contributed by atoms with Gasteiger partial charge in [0.15, 0.2) is 15.0 Å². The Kier molecular flexibility index (Phi) is 4.02. The van der Waals surface area contributed by atoms with E-state index in [0.717, 1.165) is 16.8 Å². The summed E-state index contributed by atoms with van der Waals surface area (Å²) in [6.07, 6.45) is 1.13. The Bertz CT molecular complexity index is 810. The number of carbonyl (C=O) groups is 1. The summed E-state index contributed by atoms with van der Waals surface area (Å²) in [5.74, 6) is -0.198. The smallest absolute Gasteiger partial charge is 0.223 e. The summed E-state index contributed by atoms with van der Waals surface area (Å²) in [4.78, 5) is 16.3. The number of carbonyl (C=O) groups excluding carboxylic acids is 1. The predicted octanol–water partition coefficient (Wildman–Crippen LogP) is 2.06. The molecule has 0 aliphatic carbocycles. The Labute approximate surface area is 126 Å². The molecule has 1 aromatic heterocycles. The number of hydrogen-bond acceptors (Lipinski definition) is 6. The van der Waals surface area contributed by atoms with Crippen LogP contribution in [0.2, 0.25) is 0 Å². The molecule has 6 nitrogen and oxygen atoms in total. The summed E-state index contributed by atoms with van der Waals surface area (Å²) in [7, 11) is -3.29. The average molecular weight is 325 g/mol. The number of thiazole rings is 1. The van der Waals surface area contributed by atoms with E-state index in [1.807, 2.05) is 0 Å². The van der Waals surface area contributed by atoms with Crippen LogP contribution in [-0.4, -0.2) is 25.6 Å². The lowest BCUT2D eigenvalue weighted by atomic mass is 10.1. The first-order valence-corrected chi connectivity index (χ1v) is 8.74. The van der Waals surface area contributed by atoms with Crippen LogP contribution in [-0.2, 0) is 14.6 Å². The Morgan fingerprint density at radius 3 is 2.57 bits per heavy atom. The minimum Gasteiger partial charge on any atom is -0.398 e. The lowest BCUT2D eigenvalue weighted by molar-refractivity contribution is -0.114. The molecule has 0 aliphatic heterocycles. The number of sulfone groups is 1. The number of nitrogens with zero attached hydrogens (tertiary/aromatic N) is 1. The van der Waals surface area contributed by atoms with Crippen molar-refractivity contribution in [2.24, 2.45) is 0 Å². The van der Waals surface area contributed by atoms with E-state index in [-0.39, 0.29) is 10.8 Å². The Balaban J connectivity index is 2.48. The highest BCUT2D eigenvalue weighted by Crippen LogP contribution is 2.36. The SMILES string of the molecule is CC(=O)Nc1nc(C)c(-c2ccc(S(C)(=O)=O)cc2N)s1. The molecule has 0 unspecified atom stereocenters. The number of aromatic nitrogens is 1. The van der Waals surface area contributed by atoms with Gasteiger partial charge in [-0.2, -0.15) is 0 Å². The number of anilines is 2. The highest BCUT2D eigenvalue weighted by Gasteiger charge is 2.15. The van der Waals surface area contributed by atoms with Crippen molar-refractivity contribution in [3.63, 3.8) is 0 Å². The fourth-order valence-corrected chi connectivity index (χ4v) is 3.54. The first kappa shape index (κ1) is 15.5. The quantitative estimate of drug-likeness (QED) is 0.841. The Hall–Kier alpha value is -1.93. The van der Waals surface area contributed by atoms with Crippen molar-refractivity contribution in [1.82, 2.24) is 4.98 Å². The molecule has 112 valence electrons. The molecular formula is C13H15N3O3S2. The second kappa shape index (κ2) is 5.45. The van der Waals surface area contributed by atoms with Crippen molar-refractivity contribution in [3.05, 3.63) is 23.9 Å². The van der Waals surface area contributed by atoms with Crippen molar-refractivity contribution < 1.29 is 13.2 Å². The van der Waals surface area contributed by atoms with Gasteiger partial charge >= 0.3 is 0 Å². The van der Waals surface area contributed by atoms with E-state index in [0.29, 0.717) is 16.4 Å². The van der Waals surface area contributed by atoms with E-state index in [4.69, 9.17) is 5.73 Å². The average Bonchev–Trinajstić information content (AvgIpc) is 2.67. The van der Waals surface area contributed by atoms with Crippen molar-refractivity contribution in [3.8, 4) is 10.4 Å². The number of rotatable bonds is 3. The van der Waals surface area contributed by atoms with Crippen LogP contribution < -0.4 is 11.1 Å². The van der Waals surface area contributed by atoms with Crippen molar-refractivity contribution >= 4 is 37.9 Å². The molecule has 0 fully saturated rings. The molecule has 0 bridgehead atoms. The second-order valence-electron chi connectivity index (χ2n) is 4.64. The third-order valence-electron chi connectivity index (χ3n) is 2.78. The minimum absolute atomic E-state index is 0.174. The van der Waals surface area contributed by atoms with Crippen molar-refractivity contribution in [2.45, 2.75) is 18.7 Å².